The number of benzene rings is 2. The fourth-order valence-electron chi connectivity index (χ4n) is 3.17. The quantitative estimate of drug-likeness (QED) is 0.501. The summed E-state index contributed by atoms with van der Waals surface area (Å²) in [5, 5.41) is 3.20. The van der Waals surface area contributed by atoms with Crippen LogP contribution in [0.15, 0.2) is 48.5 Å². The summed E-state index contributed by atoms with van der Waals surface area (Å²) in [5.41, 5.74) is 0.388. The van der Waals surface area contributed by atoms with Crippen molar-refractivity contribution in [2.24, 2.45) is 0 Å². The van der Waals surface area contributed by atoms with Gasteiger partial charge in [-0.05, 0) is 43.2 Å². The number of para-hydroxylation sites is 1. The second-order valence-corrected chi connectivity index (χ2v) is 10.4. The predicted octanol–water partition coefficient (Wildman–Crippen LogP) is 3.04. The van der Waals surface area contributed by atoms with Gasteiger partial charge in [-0.25, -0.2) is 8.70 Å². The van der Waals surface area contributed by atoms with E-state index in [9.17, 15) is 22.4 Å². The summed E-state index contributed by atoms with van der Waals surface area (Å²) in [6.45, 7) is 3.19. The van der Waals surface area contributed by atoms with Crippen LogP contribution in [0.4, 0.5) is 10.1 Å². The summed E-state index contributed by atoms with van der Waals surface area (Å²) in [4.78, 5) is 27.4. The third kappa shape index (κ3) is 6.91. The number of carbonyl (C=O) groups excluding carboxylic acids is 2. The molecule has 0 aromatic heterocycles. The van der Waals surface area contributed by atoms with Crippen molar-refractivity contribution < 1.29 is 22.4 Å². The fraction of sp³-hybridized carbons (Fsp3) is 0.391. The van der Waals surface area contributed by atoms with Crippen molar-refractivity contribution in [1.29, 1.82) is 0 Å². The molecule has 0 aliphatic heterocycles. The molecule has 34 heavy (non-hydrogen) atoms. The molecule has 0 heterocycles. The zero-order valence-electron chi connectivity index (χ0n) is 19.7. The molecule has 0 saturated heterocycles. The maximum Gasteiger partial charge on any atom is 0.304 e. The van der Waals surface area contributed by atoms with Gasteiger partial charge in [-0.15, -0.1) is 0 Å². The number of hydrogen-bond donors (Lipinski definition) is 1. The summed E-state index contributed by atoms with van der Waals surface area (Å²) < 4.78 is 42.2. The highest BCUT2D eigenvalue weighted by Gasteiger charge is 2.33. The third-order valence-electron chi connectivity index (χ3n) is 5.10. The first kappa shape index (κ1) is 27.6. The Hall–Kier alpha value is -2.69. The van der Waals surface area contributed by atoms with E-state index in [1.54, 1.807) is 31.2 Å². The number of halogens is 2. The number of carbonyl (C=O) groups is 2. The Morgan fingerprint density at radius 3 is 2.38 bits per heavy atom. The Kier molecular flexibility index (Phi) is 9.84. The third-order valence-corrected chi connectivity index (χ3v) is 7.14. The SMILES string of the molecule is CCCNC(=O)[C@@H](C)N(Cc1cccc(Cl)c1)C(=O)CN(c1ccccc1F)S(=O)(=O)N(C)C. The van der Waals surface area contributed by atoms with Gasteiger partial charge in [0.25, 0.3) is 0 Å². The molecule has 2 rings (SSSR count). The van der Waals surface area contributed by atoms with Crippen molar-refractivity contribution in [3.8, 4) is 0 Å². The van der Waals surface area contributed by atoms with Gasteiger partial charge in [0.15, 0.2) is 0 Å². The van der Waals surface area contributed by atoms with Crippen LogP contribution >= 0.6 is 11.6 Å². The van der Waals surface area contributed by atoms with Gasteiger partial charge in [0.1, 0.15) is 18.4 Å². The second-order valence-electron chi connectivity index (χ2n) is 7.87. The monoisotopic (exact) mass is 512 g/mol. The van der Waals surface area contributed by atoms with Crippen molar-refractivity contribution in [3.63, 3.8) is 0 Å². The average Bonchev–Trinajstić information content (AvgIpc) is 2.79. The van der Waals surface area contributed by atoms with Crippen LogP contribution in [-0.4, -0.2) is 62.7 Å². The summed E-state index contributed by atoms with van der Waals surface area (Å²) in [7, 11) is -1.65. The van der Waals surface area contributed by atoms with E-state index in [4.69, 9.17) is 11.6 Å². The summed E-state index contributed by atoms with van der Waals surface area (Å²) >= 11 is 6.08. The molecule has 1 N–H and O–H groups in total. The predicted molar refractivity (Wildman–Crippen MR) is 131 cm³/mol. The van der Waals surface area contributed by atoms with E-state index in [0.29, 0.717) is 27.9 Å². The van der Waals surface area contributed by atoms with E-state index in [-0.39, 0.29) is 18.1 Å². The molecule has 0 aliphatic rings. The van der Waals surface area contributed by atoms with Gasteiger partial charge < -0.3 is 10.2 Å². The van der Waals surface area contributed by atoms with Crippen LogP contribution in [0.25, 0.3) is 0 Å². The maximum absolute atomic E-state index is 14.6. The Morgan fingerprint density at radius 1 is 1.12 bits per heavy atom. The minimum absolute atomic E-state index is 0.00717. The van der Waals surface area contributed by atoms with E-state index in [1.807, 2.05) is 6.92 Å². The molecule has 0 bridgehead atoms. The van der Waals surface area contributed by atoms with Gasteiger partial charge in [0, 0.05) is 32.2 Å². The summed E-state index contributed by atoms with van der Waals surface area (Å²) in [5.74, 6) is -1.85. The minimum Gasteiger partial charge on any atom is -0.354 e. The van der Waals surface area contributed by atoms with E-state index in [0.717, 1.165) is 10.4 Å². The highest BCUT2D eigenvalue weighted by molar-refractivity contribution is 7.90. The zero-order chi connectivity index (χ0) is 25.5. The summed E-state index contributed by atoms with van der Waals surface area (Å²) in [6.07, 6.45) is 0.711. The molecule has 2 amide bonds. The molecule has 2 aromatic rings. The van der Waals surface area contributed by atoms with E-state index in [2.05, 4.69) is 5.32 Å². The molecule has 11 heteroatoms. The van der Waals surface area contributed by atoms with Gasteiger partial charge in [-0.2, -0.15) is 12.7 Å². The van der Waals surface area contributed by atoms with Gasteiger partial charge in [0.2, 0.25) is 11.8 Å². The van der Waals surface area contributed by atoms with E-state index < -0.39 is 34.5 Å². The van der Waals surface area contributed by atoms with Crippen LogP contribution in [0.1, 0.15) is 25.8 Å². The number of hydrogen-bond acceptors (Lipinski definition) is 4. The first-order valence-corrected chi connectivity index (χ1v) is 12.5. The first-order chi connectivity index (χ1) is 16.0. The Bertz CT molecular complexity index is 1110. The smallest absolute Gasteiger partial charge is 0.304 e. The second kappa shape index (κ2) is 12.1. The van der Waals surface area contributed by atoms with Crippen molar-refractivity contribution in [3.05, 3.63) is 64.9 Å². The molecule has 0 saturated carbocycles. The lowest BCUT2D eigenvalue weighted by molar-refractivity contribution is -0.139. The molecule has 0 fully saturated rings. The van der Waals surface area contributed by atoms with Crippen molar-refractivity contribution in [2.45, 2.75) is 32.9 Å². The van der Waals surface area contributed by atoms with Crippen molar-refractivity contribution in [1.82, 2.24) is 14.5 Å². The Labute approximate surface area is 205 Å². The Morgan fingerprint density at radius 2 is 1.79 bits per heavy atom. The van der Waals surface area contributed by atoms with Crippen LogP contribution in [0, 0.1) is 5.82 Å². The molecular weight excluding hydrogens is 483 g/mol. The standard InChI is InChI=1S/C23H30ClFN4O4S/c1-5-13-26-23(31)17(2)28(15-18-9-8-10-19(24)14-18)22(30)16-29(34(32,33)27(3)4)21-12-7-6-11-20(21)25/h6-12,14,17H,5,13,15-16H2,1-4H3,(H,26,31)/t17-/m1/s1. The van der Waals surface area contributed by atoms with Crippen LogP contribution in [0.5, 0.6) is 0 Å². The lowest BCUT2D eigenvalue weighted by Crippen LogP contribution is -2.52. The lowest BCUT2D eigenvalue weighted by Gasteiger charge is -2.33. The Balaban J connectivity index is 2.45. The number of amides is 2. The molecule has 8 nitrogen and oxygen atoms in total. The molecule has 0 aliphatic carbocycles. The molecule has 2 aromatic carbocycles. The average molecular weight is 513 g/mol. The normalized spacial score (nSPS) is 12.3. The topological polar surface area (TPSA) is 90.0 Å². The van der Waals surface area contributed by atoms with Crippen LogP contribution in [0.2, 0.25) is 5.02 Å². The molecule has 0 spiro atoms. The van der Waals surface area contributed by atoms with Crippen molar-refractivity contribution >= 4 is 39.3 Å². The van der Waals surface area contributed by atoms with Gasteiger partial charge in [-0.1, -0.05) is 42.8 Å². The molecular formula is C23H30ClFN4O4S. The van der Waals surface area contributed by atoms with Gasteiger partial charge in [-0.3, -0.25) is 9.59 Å². The maximum atomic E-state index is 14.6. The molecule has 186 valence electrons. The van der Waals surface area contributed by atoms with Crippen LogP contribution in [0.3, 0.4) is 0 Å². The lowest BCUT2D eigenvalue weighted by atomic mass is 10.1. The largest absolute Gasteiger partial charge is 0.354 e. The van der Waals surface area contributed by atoms with Crippen LogP contribution in [-0.2, 0) is 26.3 Å². The molecule has 0 radical (unpaired) electrons. The highest BCUT2D eigenvalue weighted by Crippen LogP contribution is 2.24. The summed E-state index contributed by atoms with van der Waals surface area (Å²) in [6, 6.07) is 11.2. The minimum atomic E-state index is -4.23. The molecule has 0 unspecified atom stereocenters. The van der Waals surface area contributed by atoms with Gasteiger partial charge in [0.05, 0.1) is 5.69 Å². The number of nitrogens with one attached hydrogen (secondary N) is 1. The number of rotatable bonds is 11. The fourth-order valence-corrected chi connectivity index (χ4v) is 4.44. The van der Waals surface area contributed by atoms with E-state index >= 15 is 0 Å². The van der Waals surface area contributed by atoms with Crippen molar-refractivity contribution in [2.75, 3.05) is 31.5 Å². The van der Waals surface area contributed by atoms with E-state index in [1.165, 1.54) is 37.2 Å². The molecule has 1 atom stereocenters. The highest BCUT2D eigenvalue weighted by atomic mass is 35.5. The number of anilines is 1. The van der Waals surface area contributed by atoms with Gasteiger partial charge >= 0.3 is 10.2 Å². The first-order valence-electron chi connectivity index (χ1n) is 10.7. The zero-order valence-corrected chi connectivity index (χ0v) is 21.2. The number of nitrogens with zero attached hydrogens (tertiary/aromatic N) is 3. The van der Waals surface area contributed by atoms with Crippen LogP contribution < -0.4 is 9.62 Å².